The molecule has 0 nitrogen and oxygen atoms in total. The van der Waals surface area contributed by atoms with Crippen LogP contribution in [0.5, 0.6) is 0 Å². The molecule has 0 heterocycles. The standard InChI is InChI=1S/C6H13B/c1-2-3-4-5-6-7/h2-6H2,1H3. The molecule has 0 amide bonds. The molecule has 0 spiro atoms. The SMILES string of the molecule is [B]CCCCCC. The highest BCUT2D eigenvalue weighted by Gasteiger charge is 1.80. The van der Waals surface area contributed by atoms with Crippen molar-refractivity contribution in [2.45, 2.75) is 38.9 Å². The molecule has 0 aliphatic carbocycles. The molecule has 0 fully saturated rings. The second-order valence-electron chi connectivity index (χ2n) is 1.85. The second-order valence-corrected chi connectivity index (χ2v) is 1.85. The van der Waals surface area contributed by atoms with E-state index >= 15 is 0 Å². The van der Waals surface area contributed by atoms with Crippen LogP contribution in [0.25, 0.3) is 0 Å². The molecule has 0 aromatic carbocycles. The van der Waals surface area contributed by atoms with Crippen molar-refractivity contribution >= 4 is 7.85 Å². The van der Waals surface area contributed by atoms with Crippen LogP contribution in [0.4, 0.5) is 0 Å². The first-order valence-electron chi connectivity index (χ1n) is 3.12. The first-order chi connectivity index (χ1) is 3.41. The van der Waals surface area contributed by atoms with E-state index in [0.717, 1.165) is 6.32 Å². The van der Waals surface area contributed by atoms with Gasteiger partial charge in [-0.25, -0.2) is 0 Å². The lowest BCUT2D eigenvalue weighted by atomic mass is 9.99. The lowest BCUT2D eigenvalue weighted by Gasteiger charge is -1.90. The predicted octanol–water partition coefficient (Wildman–Crippen LogP) is 2.15. The van der Waals surface area contributed by atoms with Crippen LogP contribution in [0.15, 0.2) is 0 Å². The van der Waals surface area contributed by atoms with E-state index < -0.39 is 0 Å². The Balaban J connectivity index is 2.45. The molecule has 40 valence electrons. The monoisotopic (exact) mass is 96.1 g/mol. The minimum Gasteiger partial charge on any atom is -0.0887 e. The third-order valence-electron chi connectivity index (χ3n) is 1.06. The van der Waals surface area contributed by atoms with E-state index in [4.69, 9.17) is 7.85 Å². The van der Waals surface area contributed by atoms with Gasteiger partial charge in [0.15, 0.2) is 0 Å². The Labute approximate surface area is 47.7 Å². The average molecular weight is 96.0 g/mol. The minimum atomic E-state index is 0.861. The molecule has 0 rings (SSSR count). The summed E-state index contributed by atoms with van der Waals surface area (Å²) in [5, 5.41) is 0. The van der Waals surface area contributed by atoms with Gasteiger partial charge < -0.3 is 0 Å². The highest BCUT2D eigenvalue weighted by molar-refractivity contribution is 6.08. The maximum Gasteiger partial charge on any atom is 0.0653 e. The average Bonchev–Trinajstić information content (AvgIpc) is 1.69. The molecule has 0 aliphatic rings. The van der Waals surface area contributed by atoms with Gasteiger partial charge in [-0.3, -0.25) is 0 Å². The van der Waals surface area contributed by atoms with Crippen LogP contribution in [-0.2, 0) is 0 Å². The van der Waals surface area contributed by atoms with E-state index in [9.17, 15) is 0 Å². The van der Waals surface area contributed by atoms with Crippen molar-refractivity contribution in [2.75, 3.05) is 0 Å². The number of hydrogen-bond acceptors (Lipinski definition) is 0. The minimum absolute atomic E-state index is 0.861. The summed E-state index contributed by atoms with van der Waals surface area (Å²) >= 11 is 0. The largest absolute Gasteiger partial charge is 0.0887 e. The van der Waals surface area contributed by atoms with Crippen LogP contribution in [0.1, 0.15) is 32.6 Å². The fraction of sp³-hybridized carbons (Fsp3) is 1.00. The van der Waals surface area contributed by atoms with Crippen molar-refractivity contribution in [3.63, 3.8) is 0 Å². The first-order valence-corrected chi connectivity index (χ1v) is 3.12. The van der Waals surface area contributed by atoms with Gasteiger partial charge in [0.25, 0.3) is 0 Å². The summed E-state index contributed by atoms with van der Waals surface area (Å²) < 4.78 is 0. The molecular weight excluding hydrogens is 82.9 g/mol. The van der Waals surface area contributed by atoms with Crippen molar-refractivity contribution in [3.8, 4) is 0 Å². The first kappa shape index (κ1) is 7.06. The van der Waals surface area contributed by atoms with Gasteiger partial charge in [-0.1, -0.05) is 38.9 Å². The number of unbranched alkanes of at least 4 members (excludes halogenated alkanes) is 3. The van der Waals surface area contributed by atoms with Gasteiger partial charge in [-0.05, 0) is 0 Å². The summed E-state index contributed by atoms with van der Waals surface area (Å²) in [7, 11) is 5.27. The van der Waals surface area contributed by atoms with Gasteiger partial charge in [0.1, 0.15) is 0 Å². The summed E-state index contributed by atoms with van der Waals surface area (Å²) in [6, 6.07) is 0. The van der Waals surface area contributed by atoms with E-state index in [1.165, 1.54) is 25.7 Å². The van der Waals surface area contributed by atoms with E-state index in [0.29, 0.717) is 0 Å². The zero-order chi connectivity index (χ0) is 5.54. The fourth-order valence-electron chi connectivity index (χ4n) is 0.571. The molecule has 0 aromatic heterocycles. The molecule has 7 heavy (non-hydrogen) atoms. The third kappa shape index (κ3) is 6.06. The van der Waals surface area contributed by atoms with E-state index in [1.54, 1.807) is 0 Å². The van der Waals surface area contributed by atoms with Crippen LogP contribution >= 0.6 is 0 Å². The van der Waals surface area contributed by atoms with Gasteiger partial charge in [0, 0.05) is 0 Å². The van der Waals surface area contributed by atoms with E-state index in [1.807, 2.05) is 0 Å². The highest BCUT2D eigenvalue weighted by Crippen LogP contribution is 1.99. The quantitative estimate of drug-likeness (QED) is 0.371. The number of hydrogen-bond donors (Lipinski definition) is 0. The van der Waals surface area contributed by atoms with Crippen LogP contribution in [0, 0.1) is 0 Å². The normalized spacial score (nSPS) is 9.29. The van der Waals surface area contributed by atoms with Crippen molar-refractivity contribution < 1.29 is 0 Å². The molecule has 0 aliphatic heterocycles. The van der Waals surface area contributed by atoms with Crippen molar-refractivity contribution in [2.24, 2.45) is 0 Å². The van der Waals surface area contributed by atoms with Crippen LogP contribution in [0.2, 0.25) is 6.32 Å². The van der Waals surface area contributed by atoms with Gasteiger partial charge in [-0.15, -0.1) is 0 Å². The third-order valence-corrected chi connectivity index (χ3v) is 1.06. The topological polar surface area (TPSA) is 0 Å². The maximum absolute atomic E-state index is 5.27. The molecule has 0 unspecified atom stereocenters. The Hall–Kier alpha value is 0.0649. The van der Waals surface area contributed by atoms with Gasteiger partial charge in [0.05, 0.1) is 7.85 Å². The predicted molar refractivity (Wildman–Crippen MR) is 34.7 cm³/mol. The molecular formula is C6H13B. The Bertz CT molecular complexity index is 23.4. The molecule has 0 saturated heterocycles. The Morgan fingerprint density at radius 2 is 1.86 bits per heavy atom. The van der Waals surface area contributed by atoms with Gasteiger partial charge in [0.2, 0.25) is 0 Å². The summed E-state index contributed by atoms with van der Waals surface area (Å²) in [6.07, 6.45) is 6.03. The molecule has 0 bridgehead atoms. The lowest BCUT2D eigenvalue weighted by molar-refractivity contribution is 0.701. The lowest BCUT2D eigenvalue weighted by Crippen LogP contribution is -1.72. The second kappa shape index (κ2) is 6.06. The zero-order valence-corrected chi connectivity index (χ0v) is 5.11. The zero-order valence-electron chi connectivity index (χ0n) is 5.11. The van der Waals surface area contributed by atoms with Crippen LogP contribution < -0.4 is 0 Å². The van der Waals surface area contributed by atoms with Crippen molar-refractivity contribution in [1.29, 1.82) is 0 Å². The maximum atomic E-state index is 5.27. The van der Waals surface area contributed by atoms with Crippen LogP contribution in [-0.4, -0.2) is 7.85 Å². The molecule has 0 atom stereocenters. The van der Waals surface area contributed by atoms with E-state index in [-0.39, 0.29) is 0 Å². The Kier molecular flexibility index (Phi) is 6.12. The summed E-state index contributed by atoms with van der Waals surface area (Å²) in [4.78, 5) is 0. The number of rotatable bonds is 4. The molecule has 0 aromatic rings. The molecule has 0 N–H and O–H groups in total. The highest BCUT2D eigenvalue weighted by atomic mass is 13.8. The summed E-state index contributed by atoms with van der Waals surface area (Å²) in [5.41, 5.74) is 0. The van der Waals surface area contributed by atoms with Crippen LogP contribution in [0.3, 0.4) is 0 Å². The fourth-order valence-corrected chi connectivity index (χ4v) is 0.571. The van der Waals surface area contributed by atoms with Gasteiger partial charge in [-0.2, -0.15) is 0 Å². The summed E-state index contributed by atoms with van der Waals surface area (Å²) in [6.45, 7) is 2.20. The van der Waals surface area contributed by atoms with Crippen molar-refractivity contribution in [3.05, 3.63) is 0 Å². The summed E-state index contributed by atoms with van der Waals surface area (Å²) in [5.74, 6) is 0. The van der Waals surface area contributed by atoms with E-state index in [2.05, 4.69) is 6.92 Å². The molecule has 2 radical (unpaired) electrons. The van der Waals surface area contributed by atoms with Gasteiger partial charge >= 0.3 is 0 Å². The Morgan fingerprint density at radius 1 is 1.14 bits per heavy atom. The Morgan fingerprint density at radius 3 is 2.29 bits per heavy atom. The smallest absolute Gasteiger partial charge is 0.0653 e. The van der Waals surface area contributed by atoms with Crippen molar-refractivity contribution in [1.82, 2.24) is 0 Å². The molecule has 0 saturated carbocycles. The molecule has 1 heteroatoms.